The van der Waals surface area contributed by atoms with E-state index in [-0.39, 0.29) is 11.7 Å². The van der Waals surface area contributed by atoms with Gasteiger partial charge in [-0.15, -0.1) is 0 Å². The number of hydrogen-bond acceptors (Lipinski definition) is 4. The number of carbonyl (C=O) groups is 2. The third kappa shape index (κ3) is 7.59. The fourth-order valence-electron chi connectivity index (χ4n) is 4.65. The molecular weight excluding hydrogens is 540 g/mol. The van der Waals surface area contributed by atoms with E-state index in [1.54, 1.807) is 43.1 Å². The van der Waals surface area contributed by atoms with Gasteiger partial charge in [0.25, 0.3) is 0 Å². The topological polar surface area (TPSA) is 52.7 Å². The lowest BCUT2D eigenvalue weighted by molar-refractivity contribution is -0.136. The van der Waals surface area contributed by atoms with Crippen LogP contribution < -0.4 is 5.32 Å². The Labute approximate surface area is 234 Å². The zero-order valence-electron chi connectivity index (χ0n) is 20.9. The number of amides is 1. The number of likely N-dealkylation sites (N-methyl/N-ethyl adjacent to an activating group) is 1. The minimum Gasteiger partial charge on any atom is -0.341 e. The van der Waals surface area contributed by atoms with E-state index in [4.69, 9.17) is 46.4 Å². The number of benzene rings is 2. The molecule has 1 amide bonds. The van der Waals surface area contributed by atoms with Crippen LogP contribution in [0.5, 0.6) is 0 Å². The molecule has 196 valence electrons. The molecule has 5 nitrogen and oxygen atoms in total. The van der Waals surface area contributed by atoms with Crippen molar-refractivity contribution < 1.29 is 9.59 Å². The van der Waals surface area contributed by atoms with E-state index < -0.39 is 5.41 Å². The molecule has 1 N–H and O–H groups in total. The number of halogens is 4. The summed E-state index contributed by atoms with van der Waals surface area (Å²) in [5, 5.41) is 5.16. The Morgan fingerprint density at radius 1 is 1.00 bits per heavy atom. The summed E-state index contributed by atoms with van der Waals surface area (Å²) < 4.78 is 0. The van der Waals surface area contributed by atoms with Gasteiger partial charge in [0.05, 0.1) is 32.1 Å². The van der Waals surface area contributed by atoms with Gasteiger partial charge in [0.2, 0.25) is 5.91 Å². The van der Waals surface area contributed by atoms with Crippen molar-refractivity contribution in [3.8, 4) is 0 Å². The fourth-order valence-corrected chi connectivity index (χ4v) is 5.27. The zero-order chi connectivity index (χ0) is 26.5. The van der Waals surface area contributed by atoms with Crippen LogP contribution in [0.15, 0.2) is 36.4 Å². The second-order valence-corrected chi connectivity index (χ2v) is 11.4. The van der Waals surface area contributed by atoms with Crippen molar-refractivity contribution in [3.05, 3.63) is 67.6 Å². The monoisotopic (exact) mass is 571 g/mol. The second kappa shape index (κ2) is 12.9. The molecule has 9 heteroatoms. The fraction of sp³-hybridized carbons (Fsp3) is 0.481. The number of nitrogens with one attached hydrogen (secondary N) is 1. The maximum Gasteiger partial charge on any atom is 0.233 e. The molecule has 0 radical (unpaired) electrons. The molecule has 1 atom stereocenters. The van der Waals surface area contributed by atoms with Crippen molar-refractivity contribution in [3.63, 3.8) is 0 Å². The molecule has 2 aromatic rings. The highest BCUT2D eigenvalue weighted by molar-refractivity contribution is 6.42. The molecule has 1 heterocycles. The van der Waals surface area contributed by atoms with Crippen molar-refractivity contribution in [2.24, 2.45) is 0 Å². The smallest absolute Gasteiger partial charge is 0.233 e. The summed E-state index contributed by atoms with van der Waals surface area (Å²) in [4.78, 5) is 29.3. The molecule has 1 fully saturated rings. The van der Waals surface area contributed by atoms with Crippen LogP contribution in [0.4, 0.5) is 0 Å². The SMILES string of the molecule is CC(=O)CNC1CCN(CCC(C)(C(=O)N(C)Cc2ccc(Cl)c(Cl)c2)c2ccc(Cl)c(Cl)c2)CC1. The van der Waals surface area contributed by atoms with E-state index in [2.05, 4.69) is 10.2 Å². The normalized spacial score (nSPS) is 16.5. The largest absolute Gasteiger partial charge is 0.341 e. The summed E-state index contributed by atoms with van der Waals surface area (Å²) in [5.41, 5.74) is 0.931. The van der Waals surface area contributed by atoms with Crippen LogP contribution in [0.3, 0.4) is 0 Å². The summed E-state index contributed by atoms with van der Waals surface area (Å²) in [6.07, 6.45) is 2.57. The lowest BCUT2D eigenvalue weighted by Crippen LogP contribution is -2.47. The molecule has 0 spiro atoms. The maximum absolute atomic E-state index is 13.9. The first kappa shape index (κ1) is 29.2. The van der Waals surface area contributed by atoms with Gasteiger partial charge in [-0.25, -0.2) is 0 Å². The van der Waals surface area contributed by atoms with Gasteiger partial charge >= 0.3 is 0 Å². The van der Waals surface area contributed by atoms with E-state index in [9.17, 15) is 9.59 Å². The molecular formula is C27H33Cl4N3O2. The highest BCUT2D eigenvalue weighted by Gasteiger charge is 2.38. The number of Topliss-reactive ketones (excluding diaryl/α,β-unsaturated/α-hetero) is 1. The van der Waals surface area contributed by atoms with E-state index >= 15 is 0 Å². The summed E-state index contributed by atoms with van der Waals surface area (Å²) in [7, 11) is 1.80. The average molecular weight is 573 g/mol. The first-order chi connectivity index (χ1) is 17.0. The number of nitrogens with zero attached hydrogens (tertiary/aromatic N) is 2. The number of hydrogen-bond donors (Lipinski definition) is 1. The van der Waals surface area contributed by atoms with Crippen molar-refractivity contribution in [2.45, 2.75) is 51.1 Å². The summed E-state index contributed by atoms with van der Waals surface area (Å²) >= 11 is 24.8. The number of ketones is 1. The number of rotatable bonds is 10. The highest BCUT2D eigenvalue weighted by Crippen LogP contribution is 2.35. The Bertz CT molecular complexity index is 1090. The van der Waals surface area contributed by atoms with Gasteiger partial charge in [-0.1, -0.05) is 58.5 Å². The minimum absolute atomic E-state index is 0.00928. The maximum atomic E-state index is 13.9. The molecule has 1 aliphatic rings. The van der Waals surface area contributed by atoms with Crippen LogP contribution in [0.25, 0.3) is 0 Å². The Hall–Kier alpha value is -1.34. The van der Waals surface area contributed by atoms with Crippen LogP contribution in [-0.4, -0.2) is 60.8 Å². The number of likely N-dealkylation sites (tertiary alicyclic amines) is 1. The van der Waals surface area contributed by atoms with Gasteiger partial charge in [0.1, 0.15) is 5.78 Å². The molecule has 2 aromatic carbocycles. The van der Waals surface area contributed by atoms with Gasteiger partial charge in [0.15, 0.2) is 0 Å². The molecule has 0 aromatic heterocycles. The van der Waals surface area contributed by atoms with Crippen LogP contribution in [0.2, 0.25) is 20.1 Å². The van der Waals surface area contributed by atoms with Gasteiger partial charge in [-0.2, -0.15) is 0 Å². The van der Waals surface area contributed by atoms with E-state index in [0.29, 0.717) is 45.6 Å². The van der Waals surface area contributed by atoms with E-state index in [0.717, 1.165) is 43.6 Å². The van der Waals surface area contributed by atoms with E-state index in [1.807, 2.05) is 19.1 Å². The predicted molar refractivity (Wildman–Crippen MR) is 150 cm³/mol. The van der Waals surface area contributed by atoms with Gasteiger partial charge in [-0.3, -0.25) is 9.59 Å². The second-order valence-electron chi connectivity index (χ2n) is 9.82. The molecule has 0 saturated carbocycles. The van der Waals surface area contributed by atoms with Gasteiger partial charge in [-0.05, 0) is 88.1 Å². The van der Waals surface area contributed by atoms with Crippen LogP contribution in [-0.2, 0) is 21.5 Å². The Kier molecular flexibility index (Phi) is 10.5. The first-order valence-electron chi connectivity index (χ1n) is 12.1. The molecule has 3 rings (SSSR count). The molecule has 36 heavy (non-hydrogen) atoms. The molecule has 1 saturated heterocycles. The predicted octanol–water partition coefficient (Wildman–Crippen LogP) is 6.25. The van der Waals surface area contributed by atoms with Crippen molar-refractivity contribution in [1.29, 1.82) is 0 Å². The van der Waals surface area contributed by atoms with Crippen molar-refractivity contribution in [2.75, 3.05) is 33.2 Å². The third-order valence-corrected chi connectivity index (χ3v) is 8.41. The average Bonchev–Trinajstić information content (AvgIpc) is 2.85. The number of carbonyl (C=O) groups excluding carboxylic acids is 2. The molecule has 0 bridgehead atoms. The van der Waals surface area contributed by atoms with Crippen molar-refractivity contribution >= 4 is 58.1 Å². The molecule has 1 unspecified atom stereocenters. The summed E-state index contributed by atoms with van der Waals surface area (Å²) in [6.45, 7) is 6.99. The summed E-state index contributed by atoms with van der Waals surface area (Å²) in [6, 6.07) is 11.2. The van der Waals surface area contributed by atoms with Gasteiger partial charge < -0.3 is 15.1 Å². The highest BCUT2D eigenvalue weighted by atomic mass is 35.5. The van der Waals surface area contributed by atoms with Crippen LogP contribution >= 0.6 is 46.4 Å². The van der Waals surface area contributed by atoms with E-state index in [1.165, 1.54) is 0 Å². The first-order valence-corrected chi connectivity index (χ1v) is 13.6. The van der Waals surface area contributed by atoms with Gasteiger partial charge in [0, 0.05) is 19.6 Å². The molecule has 0 aliphatic carbocycles. The minimum atomic E-state index is -0.803. The lowest BCUT2D eigenvalue weighted by Gasteiger charge is -2.37. The molecule has 1 aliphatic heterocycles. The third-order valence-electron chi connectivity index (χ3n) is 6.93. The van der Waals surface area contributed by atoms with Crippen LogP contribution in [0, 0.1) is 0 Å². The van der Waals surface area contributed by atoms with Crippen molar-refractivity contribution in [1.82, 2.24) is 15.1 Å². The number of piperidine rings is 1. The van der Waals surface area contributed by atoms with Crippen LogP contribution in [0.1, 0.15) is 44.2 Å². The standard InChI is InChI=1S/C27H33Cl4N3O2/c1-18(35)16-32-21-8-11-34(12-9-21)13-10-27(2,20-5-7-23(29)25(31)15-20)26(36)33(3)17-19-4-6-22(28)24(30)14-19/h4-7,14-15,21,32H,8-13,16-17H2,1-3H3. The quantitative estimate of drug-likeness (QED) is 0.365. The Morgan fingerprint density at radius 2 is 1.61 bits per heavy atom. The summed E-state index contributed by atoms with van der Waals surface area (Å²) in [5.74, 6) is 0.142. The zero-order valence-corrected chi connectivity index (χ0v) is 23.9. The lowest BCUT2D eigenvalue weighted by atomic mass is 9.77. The Balaban J connectivity index is 1.74. The Morgan fingerprint density at radius 3 is 2.19 bits per heavy atom.